The predicted octanol–water partition coefficient (Wildman–Crippen LogP) is 2.54. The third kappa shape index (κ3) is 2.43. The second-order valence-corrected chi connectivity index (χ2v) is 5.38. The fraction of sp³-hybridized carbons (Fsp3) is 0.385. The number of benzene rings is 1. The monoisotopic (exact) mass is 235 g/mol. The molecule has 1 unspecified atom stereocenters. The van der Waals surface area contributed by atoms with Gasteiger partial charge >= 0.3 is 0 Å². The summed E-state index contributed by atoms with van der Waals surface area (Å²) in [6, 6.07) is 8.30. The minimum atomic E-state index is -0.696. The zero-order valence-corrected chi connectivity index (χ0v) is 10.3. The maximum absolute atomic E-state index is 10.2. The van der Waals surface area contributed by atoms with Crippen molar-refractivity contribution in [1.82, 2.24) is 0 Å². The molecule has 16 heavy (non-hydrogen) atoms. The summed E-state index contributed by atoms with van der Waals surface area (Å²) in [7, 11) is 0. The van der Waals surface area contributed by atoms with E-state index in [1.54, 1.807) is 11.3 Å². The third-order valence-electron chi connectivity index (χ3n) is 2.82. The number of nitrogens with two attached hydrogens (primary N) is 1. The van der Waals surface area contributed by atoms with Crippen LogP contribution in [0.25, 0.3) is 10.1 Å². The molecule has 0 saturated carbocycles. The van der Waals surface area contributed by atoms with Crippen molar-refractivity contribution in [3.63, 3.8) is 0 Å². The molecule has 1 heterocycles. The van der Waals surface area contributed by atoms with Gasteiger partial charge in [0.05, 0.1) is 5.60 Å². The highest BCUT2D eigenvalue weighted by atomic mass is 32.1. The van der Waals surface area contributed by atoms with Gasteiger partial charge in [0.15, 0.2) is 0 Å². The van der Waals surface area contributed by atoms with Crippen LogP contribution in [0.15, 0.2) is 29.6 Å². The zero-order chi connectivity index (χ0) is 11.6. The summed E-state index contributed by atoms with van der Waals surface area (Å²) in [5.41, 5.74) is 6.02. The van der Waals surface area contributed by atoms with Gasteiger partial charge in [0, 0.05) is 11.1 Å². The molecule has 0 aliphatic carbocycles. The molecule has 0 saturated heterocycles. The molecular weight excluding hydrogens is 218 g/mol. The fourth-order valence-electron chi connectivity index (χ4n) is 1.98. The smallest absolute Gasteiger partial charge is 0.0672 e. The molecule has 2 nitrogen and oxygen atoms in total. The van der Waals surface area contributed by atoms with Crippen molar-refractivity contribution in [3.8, 4) is 0 Å². The molecule has 3 heteroatoms. The highest BCUT2D eigenvalue weighted by molar-refractivity contribution is 7.17. The van der Waals surface area contributed by atoms with Crippen molar-refractivity contribution in [1.29, 1.82) is 0 Å². The van der Waals surface area contributed by atoms with E-state index < -0.39 is 5.60 Å². The van der Waals surface area contributed by atoms with Gasteiger partial charge in [-0.25, -0.2) is 0 Å². The molecule has 86 valence electrons. The van der Waals surface area contributed by atoms with Crippen molar-refractivity contribution >= 4 is 21.4 Å². The maximum Gasteiger partial charge on any atom is 0.0672 e. The van der Waals surface area contributed by atoms with Crippen LogP contribution in [0.1, 0.15) is 18.9 Å². The number of rotatable bonds is 4. The van der Waals surface area contributed by atoms with Crippen LogP contribution in [0, 0.1) is 0 Å². The van der Waals surface area contributed by atoms with E-state index >= 15 is 0 Å². The first-order chi connectivity index (χ1) is 7.62. The van der Waals surface area contributed by atoms with Crippen molar-refractivity contribution in [2.75, 3.05) is 6.54 Å². The molecule has 0 fully saturated rings. The van der Waals surface area contributed by atoms with Crippen LogP contribution in [0.4, 0.5) is 0 Å². The molecule has 1 aromatic heterocycles. The molecule has 2 aromatic rings. The molecule has 2 rings (SSSR count). The predicted molar refractivity (Wildman–Crippen MR) is 69.8 cm³/mol. The van der Waals surface area contributed by atoms with E-state index in [1.165, 1.54) is 15.6 Å². The van der Waals surface area contributed by atoms with Gasteiger partial charge in [-0.15, -0.1) is 11.3 Å². The van der Waals surface area contributed by atoms with Gasteiger partial charge in [0.25, 0.3) is 0 Å². The minimum Gasteiger partial charge on any atom is -0.390 e. The maximum atomic E-state index is 10.2. The Bertz CT molecular complexity index is 475. The number of aliphatic hydroxyl groups is 1. The highest BCUT2D eigenvalue weighted by Gasteiger charge is 2.21. The van der Waals surface area contributed by atoms with Crippen LogP contribution in [-0.4, -0.2) is 17.3 Å². The van der Waals surface area contributed by atoms with E-state index in [0.717, 1.165) is 0 Å². The van der Waals surface area contributed by atoms with Crippen molar-refractivity contribution in [2.45, 2.75) is 25.4 Å². The number of thiophene rings is 1. The third-order valence-corrected chi connectivity index (χ3v) is 3.83. The second-order valence-electron chi connectivity index (χ2n) is 4.47. The summed E-state index contributed by atoms with van der Waals surface area (Å²) < 4.78 is 1.28. The molecule has 0 aliphatic rings. The van der Waals surface area contributed by atoms with Gasteiger partial charge in [0.2, 0.25) is 0 Å². The summed E-state index contributed by atoms with van der Waals surface area (Å²) in [6.07, 6.45) is 1.31. The standard InChI is InChI=1S/C13H17NOS/c1-13(15,6-7-14)8-10-9-16-12-5-3-2-4-11(10)12/h2-5,9,15H,6-8,14H2,1H3. The molecule has 3 N–H and O–H groups in total. The van der Waals surface area contributed by atoms with Crippen molar-refractivity contribution in [2.24, 2.45) is 5.73 Å². The SMILES string of the molecule is CC(O)(CCN)Cc1csc2ccccc12. The summed E-state index contributed by atoms with van der Waals surface area (Å²) in [4.78, 5) is 0. The Morgan fingerprint density at radius 1 is 1.38 bits per heavy atom. The lowest BCUT2D eigenvalue weighted by Crippen LogP contribution is -2.30. The van der Waals surface area contributed by atoms with Crippen LogP contribution in [0.3, 0.4) is 0 Å². The van der Waals surface area contributed by atoms with Crippen LogP contribution >= 0.6 is 11.3 Å². The summed E-state index contributed by atoms with van der Waals surface area (Å²) in [6.45, 7) is 2.38. The zero-order valence-electron chi connectivity index (χ0n) is 9.44. The summed E-state index contributed by atoms with van der Waals surface area (Å²) >= 11 is 1.73. The van der Waals surface area contributed by atoms with E-state index in [4.69, 9.17) is 5.73 Å². The molecule has 0 spiro atoms. The van der Waals surface area contributed by atoms with Crippen LogP contribution in [0.2, 0.25) is 0 Å². The molecule has 0 bridgehead atoms. The van der Waals surface area contributed by atoms with Gasteiger partial charge < -0.3 is 10.8 Å². The first kappa shape index (κ1) is 11.6. The first-order valence-corrected chi connectivity index (χ1v) is 6.38. The Kier molecular flexibility index (Phi) is 3.28. The Morgan fingerprint density at radius 3 is 2.88 bits per heavy atom. The topological polar surface area (TPSA) is 46.2 Å². The van der Waals surface area contributed by atoms with E-state index in [0.29, 0.717) is 19.4 Å². The molecule has 1 atom stereocenters. The lowest BCUT2D eigenvalue weighted by atomic mass is 9.93. The Hall–Kier alpha value is -0.900. The van der Waals surface area contributed by atoms with Gasteiger partial charge in [-0.05, 0) is 42.3 Å². The summed E-state index contributed by atoms with van der Waals surface area (Å²) in [5, 5.41) is 13.6. The van der Waals surface area contributed by atoms with E-state index in [9.17, 15) is 5.11 Å². The average molecular weight is 235 g/mol. The second kappa shape index (κ2) is 4.53. The van der Waals surface area contributed by atoms with Crippen LogP contribution < -0.4 is 5.73 Å². The number of hydrogen-bond acceptors (Lipinski definition) is 3. The molecule has 0 radical (unpaired) electrons. The normalized spacial score (nSPS) is 15.2. The highest BCUT2D eigenvalue weighted by Crippen LogP contribution is 2.29. The quantitative estimate of drug-likeness (QED) is 0.855. The lowest BCUT2D eigenvalue weighted by molar-refractivity contribution is 0.0543. The van der Waals surface area contributed by atoms with Crippen molar-refractivity contribution in [3.05, 3.63) is 35.2 Å². The van der Waals surface area contributed by atoms with Gasteiger partial charge in [0.1, 0.15) is 0 Å². The average Bonchev–Trinajstić information content (AvgIpc) is 2.61. The van der Waals surface area contributed by atoms with Crippen molar-refractivity contribution < 1.29 is 5.11 Å². The molecule has 1 aromatic carbocycles. The largest absolute Gasteiger partial charge is 0.390 e. The van der Waals surface area contributed by atoms with E-state index in [1.807, 2.05) is 19.1 Å². The molecular formula is C13H17NOS. The Balaban J connectivity index is 2.27. The van der Waals surface area contributed by atoms with Crippen LogP contribution in [-0.2, 0) is 6.42 Å². The van der Waals surface area contributed by atoms with Crippen LogP contribution in [0.5, 0.6) is 0 Å². The lowest BCUT2D eigenvalue weighted by Gasteiger charge is -2.22. The number of fused-ring (bicyclic) bond motifs is 1. The Morgan fingerprint density at radius 2 is 2.12 bits per heavy atom. The minimum absolute atomic E-state index is 0.523. The van der Waals surface area contributed by atoms with E-state index in [2.05, 4.69) is 17.5 Å². The van der Waals surface area contributed by atoms with Gasteiger partial charge in [-0.1, -0.05) is 18.2 Å². The Labute approximate surface area is 99.7 Å². The van der Waals surface area contributed by atoms with Gasteiger partial charge in [-0.3, -0.25) is 0 Å². The van der Waals surface area contributed by atoms with E-state index in [-0.39, 0.29) is 0 Å². The first-order valence-electron chi connectivity index (χ1n) is 5.50. The fourth-order valence-corrected chi connectivity index (χ4v) is 2.94. The summed E-state index contributed by atoms with van der Waals surface area (Å²) in [5.74, 6) is 0. The molecule has 0 aliphatic heterocycles. The van der Waals surface area contributed by atoms with Gasteiger partial charge in [-0.2, -0.15) is 0 Å². The molecule has 0 amide bonds. The number of hydrogen-bond donors (Lipinski definition) is 2.